The highest BCUT2D eigenvalue weighted by molar-refractivity contribution is 6.32. The second-order valence-electron chi connectivity index (χ2n) is 3.86. The predicted octanol–water partition coefficient (Wildman–Crippen LogP) is 4.37. The third-order valence-corrected chi connectivity index (χ3v) is 2.76. The van der Waals surface area contributed by atoms with Crippen LogP contribution in [0.2, 0.25) is 5.02 Å². The van der Waals surface area contributed by atoms with E-state index >= 15 is 0 Å². The molecule has 0 aliphatic rings. The van der Waals surface area contributed by atoms with Crippen LogP contribution in [0.25, 0.3) is 6.08 Å². The predicted molar refractivity (Wildman–Crippen MR) is 74.6 cm³/mol. The van der Waals surface area contributed by atoms with Crippen molar-refractivity contribution < 1.29 is 19.0 Å². The second-order valence-corrected chi connectivity index (χ2v) is 4.27. The number of hydrogen-bond acceptors (Lipinski definition) is 2. The summed E-state index contributed by atoms with van der Waals surface area (Å²) in [6.07, 6.45) is 2.17. The van der Waals surface area contributed by atoms with Gasteiger partial charge in [-0.2, -0.15) is 0 Å². The van der Waals surface area contributed by atoms with E-state index < -0.39 is 11.8 Å². The first kappa shape index (κ1) is 14.1. The maximum absolute atomic E-state index is 13.8. The molecule has 1 N–H and O–H groups in total. The lowest BCUT2D eigenvalue weighted by Crippen LogP contribution is -1.93. The molecule has 0 aliphatic carbocycles. The normalized spacial score (nSPS) is 10.7. The summed E-state index contributed by atoms with van der Waals surface area (Å²) in [5.41, 5.74) is 0.312. The van der Waals surface area contributed by atoms with Gasteiger partial charge in [0.25, 0.3) is 0 Å². The highest BCUT2D eigenvalue weighted by Crippen LogP contribution is 2.33. The Morgan fingerprint density at radius 1 is 1.20 bits per heavy atom. The highest BCUT2D eigenvalue weighted by atomic mass is 35.5. The van der Waals surface area contributed by atoms with Gasteiger partial charge in [-0.05, 0) is 24.3 Å². The lowest BCUT2D eigenvalue weighted by molar-refractivity contribution is -0.131. The second kappa shape index (κ2) is 6.21. The van der Waals surface area contributed by atoms with Crippen molar-refractivity contribution in [2.75, 3.05) is 0 Å². The van der Waals surface area contributed by atoms with Crippen LogP contribution in [0.3, 0.4) is 0 Å². The van der Waals surface area contributed by atoms with Crippen LogP contribution < -0.4 is 4.74 Å². The summed E-state index contributed by atoms with van der Waals surface area (Å²) in [6, 6.07) is 10.9. The van der Waals surface area contributed by atoms with Crippen molar-refractivity contribution >= 4 is 23.6 Å². The molecule has 0 bridgehead atoms. The molecule has 5 heteroatoms. The fourth-order valence-corrected chi connectivity index (χ4v) is 1.74. The number of halogens is 2. The van der Waals surface area contributed by atoms with Crippen LogP contribution in [0.1, 0.15) is 5.56 Å². The number of carbonyl (C=O) groups is 1. The van der Waals surface area contributed by atoms with E-state index in [2.05, 4.69) is 0 Å². The lowest BCUT2D eigenvalue weighted by atomic mass is 10.1. The molecule has 0 unspecified atom stereocenters. The van der Waals surface area contributed by atoms with Crippen molar-refractivity contribution in [2.45, 2.75) is 0 Å². The largest absolute Gasteiger partial charge is 0.478 e. The summed E-state index contributed by atoms with van der Waals surface area (Å²) in [5, 5.41) is 8.96. The smallest absolute Gasteiger partial charge is 0.328 e. The highest BCUT2D eigenvalue weighted by Gasteiger charge is 2.11. The summed E-state index contributed by atoms with van der Waals surface area (Å²) in [5.74, 6) is -1.50. The zero-order chi connectivity index (χ0) is 14.5. The minimum atomic E-state index is -1.13. The molecule has 0 saturated heterocycles. The van der Waals surface area contributed by atoms with Gasteiger partial charge in [-0.15, -0.1) is 0 Å². The zero-order valence-electron chi connectivity index (χ0n) is 10.2. The van der Waals surface area contributed by atoms with Crippen LogP contribution in [0, 0.1) is 5.82 Å². The molecule has 0 spiro atoms. The summed E-state index contributed by atoms with van der Waals surface area (Å²) in [7, 11) is 0. The van der Waals surface area contributed by atoms with E-state index in [0.717, 1.165) is 6.08 Å². The quantitative estimate of drug-likeness (QED) is 0.851. The Balaban J connectivity index is 2.40. The third kappa shape index (κ3) is 3.36. The van der Waals surface area contributed by atoms with Gasteiger partial charge in [0.1, 0.15) is 5.75 Å². The van der Waals surface area contributed by atoms with Crippen molar-refractivity contribution in [3.05, 3.63) is 64.9 Å². The first-order chi connectivity index (χ1) is 9.58. The van der Waals surface area contributed by atoms with Crippen molar-refractivity contribution in [3.8, 4) is 11.5 Å². The molecule has 0 aromatic heterocycles. The minimum Gasteiger partial charge on any atom is -0.478 e. The molecule has 0 aliphatic heterocycles. The van der Waals surface area contributed by atoms with Gasteiger partial charge >= 0.3 is 5.97 Å². The van der Waals surface area contributed by atoms with Gasteiger partial charge in [-0.1, -0.05) is 35.9 Å². The number of benzene rings is 2. The Hall–Kier alpha value is -2.33. The van der Waals surface area contributed by atoms with Gasteiger partial charge in [-0.3, -0.25) is 0 Å². The molecule has 2 rings (SSSR count). The molecular formula is C15H10ClFO3. The fraction of sp³-hybridized carbons (Fsp3) is 0. The van der Waals surface area contributed by atoms with Crippen LogP contribution >= 0.6 is 11.6 Å². The monoisotopic (exact) mass is 292 g/mol. The fourth-order valence-electron chi connectivity index (χ4n) is 1.56. The molecule has 2 aromatic carbocycles. The van der Waals surface area contributed by atoms with Gasteiger partial charge in [-0.25, -0.2) is 9.18 Å². The molecule has 0 amide bonds. The van der Waals surface area contributed by atoms with Crippen molar-refractivity contribution in [2.24, 2.45) is 0 Å². The van der Waals surface area contributed by atoms with E-state index in [-0.39, 0.29) is 5.75 Å². The number of hydrogen-bond donors (Lipinski definition) is 1. The first-order valence-corrected chi connectivity index (χ1v) is 6.07. The molecule has 0 atom stereocenters. The molecule has 0 saturated carbocycles. The number of rotatable bonds is 4. The molecule has 0 heterocycles. The molecule has 0 radical (unpaired) electrons. The van der Waals surface area contributed by atoms with Crippen LogP contribution in [0.5, 0.6) is 11.5 Å². The van der Waals surface area contributed by atoms with E-state index in [1.807, 2.05) is 0 Å². The van der Waals surface area contributed by atoms with E-state index in [1.54, 1.807) is 30.3 Å². The molecule has 0 fully saturated rings. The summed E-state index contributed by atoms with van der Waals surface area (Å²) >= 11 is 5.95. The average Bonchev–Trinajstić information content (AvgIpc) is 2.41. The summed E-state index contributed by atoms with van der Waals surface area (Å²) < 4.78 is 19.3. The lowest BCUT2D eigenvalue weighted by Gasteiger charge is -2.10. The number of carboxylic acid groups (broad SMARTS) is 1. The van der Waals surface area contributed by atoms with Crippen molar-refractivity contribution in [1.29, 1.82) is 0 Å². The number of para-hydroxylation sites is 2. The topological polar surface area (TPSA) is 46.5 Å². The maximum Gasteiger partial charge on any atom is 0.328 e. The molecule has 2 aromatic rings. The van der Waals surface area contributed by atoms with Gasteiger partial charge in [0, 0.05) is 11.6 Å². The number of carboxylic acids is 1. The number of aliphatic carboxylic acids is 1. The first-order valence-electron chi connectivity index (χ1n) is 5.70. The Labute approximate surface area is 119 Å². The third-order valence-electron chi connectivity index (χ3n) is 2.45. The molecule has 102 valence electrons. The molecule has 20 heavy (non-hydrogen) atoms. The van der Waals surface area contributed by atoms with Crippen LogP contribution in [0.15, 0.2) is 48.5 Å². The van der Waals surface area contributed by atoms with Crippen molar-refractivity contribution in [3.63, 3.8) is 0 Å². The Bertz CT molecular complexity index is 668. The minimum absolute atomic E-state index is 0.0712. The zero-order valence-corrected chi connectivity index (χ0v) is 11.0. The van der Waals surface area contributed by atoms with E-state index in [9.17, 15) is 9.18 Å². The van der Waals surface area contributed by atoms with Crippen molar-refractivity contribution in [1.82, 2.24) is 0 Å². The van der Waals surface area contributed by atoms with E-state index in [4.69, 9.17) is 21.4 Å². The SMILES string of the molecule is O=C(O)/C=C/c1cccc(F)c1Oc1ccccc1Cl. The number of ether oxygens (including phenoxy) is 1. The Morgan fingerprint density at radius 3 is 2.65 bits per heavy atom. The Morgan fingerprint density at radius 2 is 1.95 bits per heavy atom. The van der Waals surface area contributed by atoms with Gasteiger partial charge in [0.05, 0.1) is 5.02 Å². The van der Waals surface area contributed by atoms with Gasteiger partial charge in [0.15, 0.2) is 11.6 Å². The average molecular weight is 293 g/mol. The summed E-state index contributed by atoms with van der Waals surface area (Å²) in [4.78, 5) is 10.5. The van der Waals surface area contributed by atoms with Crippen LogP contribution in [0.4, 0.5) is 4.39 Å². The molecule has 3 nitrogen and oxygen atoms in total. The van der Waals surface area contributed by atoms with Gasteiger partial charge in [0.2, 0.25) is 0 Å². The van der Waals surface area contributed by atoms with Crippen LogP contribution in [-0.4, -0.2) is 11.1 Å². The maximum atomic E-state index is 13.8. The van der Waals surface area contributed by atoms with Gasteiger partial charge < -0.3 is 9.84 Å². The summed E-state index contributed by atoms with van der Waals surface area (Å²) in [6.45, 7) is 0. The van der Waals surface area contributed by atoms with Crippen LogP contribution in [-0.2, 0) is 4.79 Å². The standard InChI is InChI=1S/C15H10ClFO3/c16-11-5-1-2-7-13(11)20-15-10(8-9-14(18)19)4-3-6-12(15)17/h1-9H,(H,18,19)/b9-8+. The molecular weight excluding hydrogens is 283 g/mol. The van der Waals surface area contributed by atoms with E-state index in [1.165, 1.54) is 18.2 Å². The Kier molecular flexibility index (Phi) is 4.38. The van der Waals surface area contributed by atoms with E-state index in [0.29, 0.717) is 16.3 Å².